The van der Waals surface area contributed by atoms with Crippen LogP contribution < -0.4 is 10.2 Å². The number of hydrogen-bond donors (Lipinski definition) is 1. The number of para-hydroxylation sites is 1. The van der Waals surface area contributed by atoms with Gasteiger partial charge in [-0.2, -0.15) is 0 Å². The highest BCUT2D eigenvalue weighted by atomic mass is 16.2. The molecule has 2 amide bonds. The van der Waals surface area contributed by atoms with Crippen molar-refractivity contribution in [2.45, 2.75) is 37.8 Å². The standard InChI is InChI=1S/C24H25N3O3/c1-15(28)16-9-11-17(12-10-16)25-22(29)20-14-18-6-5-13-27(18)24(20)19-7-3-4-8-21(19)26(2)23(24)30/h3-4,7-12,18,20H,5-6,13-14H2,1-2H3,(H,25,29)/t18-,20+,24-/m1/s1. The third-order valence-corrected chi connectivity index (χ3v) is 7.02. The van der Waals surface area contributed by atoms with Gasteiger partial charge in [-0.15, -0.1) is 0 Å². The highest BCUT2D eigenvalue weighted by Gasteiger charge is 2.66. The fraction of sp³-hybridized carbons (Fsp3) is 0.375. The van der Waals surface area contributed by atoms with Crippen LogP contribution in [0.5, 0.6) is 0 Å². The number of anilines is 2. The molecule has 6 heteroatoms. The lowest BCUT2D eigenvalue weighted by atomic mass is 9.78. The van der Waals surface area contributed by atoms with Gasteiger partial charge in [0.05, 0.1) is 5.92 Å². The smallest absolute Gasteiger partial charge is 0.252 e. The second-order valence-corrected chi connectivity index (χ2v) is 8.55. The Morgan fingerprint density at radius 3 is 2.57 bits per heavy atom. The molecule has 30 heavy (non-hydrogen) atoms. The summed E-state index contributed by atoms with van der Waals surface area (Å²) in [6, 6.07) is 15.0. The molecule has 5 rings (SSSR count). The van der Waals surface area contributed by atoms with Gasteiger partial charge in [0.25, 0.3) is 5.91 Å². The van der Waals surface area contributed by atoms with E-state index < -0.39 is 11.5 Å². The fourth-order valence-electron chi connectivity index (χ4n) is 5.69. The summed E-state index contributed by atoms with van der Waals surface area (Å²) in [5, 5.41) is 3.01. The molecule has 1 N–H and O–H groups in total. The molecule has 154 valence electrons. The van der Waals surface area contributed by atoms with Crippen molar-refractivity contribution in [1.82, 2.24) is 4.90 Å². The number of amides is 2. The SMILES string of the molecule is CC(=O)c1ccc(NC(=O)[C@@H]2C[C@H]3CCCN3[C@@]23C(=O)N(C)c2ccccc23)cc1. The van der Waals surface area contributed by atoms with Gasteiger partial charge in [-0.1, -0.05) is 18.2 Å². The molecule has 6 nitrogen and oxygen atoms in total. The first-order valence-corrected chi connectivity index (χ1v) is 10.5. The zero-order chi connectivity index (χ0) is 21.0. The first-order valence-electron chi connectivity index (χ1n) is 10.5. The van der Waals surface area contributed by atoms with Crippen molar-refractivity contribution in [3.63, 3.8) is 0 Å². The van der Waals surface area contributed by atoms with Crippen LogP contribution in [0.3, 0.4) is 0 Å². The van der Waals surface area contributed by atoms with Gasteiger partial charge >= 0.3 is 0 Å². The number of ketones is 1. The van der Waals surface area contributed by atoms with Gasteiger partial charge in [-0.05, 0) is 63.1 Å². The number of benzene rings is 2. The van der Waals surface area contributed by atoms with E-state index in [-0.39, 0.29) is 23.6 Å². The molecule has 2 fully saturated rings. The summed E-state index contributed by atoms with van der Waals surface area (Å²) in [5.74, 6) is -0.632. The minimum Gasteiger partial charge on any atom is -0.326 e. The summed E-state index contributed by atoms with van der Waals surface area (Å²) in [6.07, 6.45) is 2.73. The number of likely N-dealkylation sites (N-methyl/N-ethyl adjacent to an activating group) is 1. The van der Waals surface area contributed by atoms with Crippen molar-refractivity contribution in [3.8, 4) is 0 Å². The highest BCUT2D eigenvalue weighted by molar-refractivity contribution is 6.11. The quantitative estimate of drug-likeness (QED) is 0.799. The molecule has 2 saturated heterocycles. The lowest BCUT2D eigenvalue weighted by Crippen LogP contribution is -2.55. The predicted octanol–water partition coefficient (Wildman–Crippen LogP) is 3.18. The van der Waals surface area contributed by atoms with Crippen molar-refractivity contribution in [2.24, 2.45) is 5.92 Å². The van der Waals surface area contributed by atoms with Crippen molar-refractivity contribution in [1.29, 1.82) is 0 Å². The van der Waals surface area contributed by atoms with Gasteiger partial charge < -0.3 is 10.2 Å². The summed E-state index contributed by atoms with van der Waals surface area (Å²) in [7, 11) is 1.80. The molecular formula is C24H25N3O3. The molecule has 0 bridgehead atoms. The van der Waals surface area contributed by atoms with E-state index in [0.29, 0.717) is 17.7 Å². The molecule has 0 aromatic heterocycles. The molecule has 0 radical (unpaired) electrons. The van der Waals surface area contributed by atoms with Crippen LogP contribution in [0.15, 0.2) is 48.5 Å². The number of fused-ring (bicyclic) bond motifs is 4. The Kier molecular flexibility index (Phi) is 4.29. The van der Waals surface area contributed by atoms with Crippen molar-refractivity contribution in [3.05, 3.63) is 59.7 Å². The minimum atomic E-state index is -0.935. The van der Waals surface area contributed by atoms with Gasteiger partial charge in [0, 0.05) is 35.6 Å². The van der Waals surface area contributed by atoms with Crippen LogP contribution >= 0.6 is 0 Å². The molecule has 3 aliphatic rings. The van der Waals surface area contributed by atoms with Crippen LogP contribution in [0.1, 0.15) is 42.1 Å². The fourth-order valence-corrected chi connectivity index (χ4v) is 5.69. The normalized spacial score (nSPS) is 27.4. The Morgan fingerprint density at radius 1 is 1.10 bits per heavy atom. The van der Waals surface area contributed by atoms with Crippen LogP contribution in [-0.2, 0) is 15.1 Å². The molecule has 0 saturated carbocycles. The summed E-state index contributed by atoms with van der Waals surface area (Å²) >= 11 is 0. The molecule has 2 aromatic carbocycles. The van der Waals surface area contributed by atoms with E-state index in [0.717, 1.165) is 30.6 Å². The van der Waals surface area contributed by atoms with Crippen LogP contribution in [0.25, 0.3) is 0 Å². The number of hydrogen-bond acceptors (Lipinski definition) is 4. The molecule has 3 heterocycles. The highest BCUT2D eigenvalue weighted by Crippen LogP contribution is 2.56. The van der Waals surface area contributed by atoms with E-state index in [2.05, 4.69) is 10.2 Å². The maximum absolute atomic E-state index is 13.7. The first kappa shape index (κ1) is 19.0. The molecule has 3 atom stereocenters. The Hall–Kier alpha value is -2.99. The van der Waals surface area contributed by atoms with E-state index in [9.17, 15) is 14.4 Å². The molecule has 1 spiro atoms. The van der Waals surface area contributed by atoms with Crippen LogP contribution in [0, 0.1) is 5.92 Å². The zero-order valence-electron chi connectivity index (χ0n) is 17.2. The van der Waals surface area contributed by atoms with Crippen molar-refractivity contribution >= 4 is 29.0 Å². The van der Waals surface area contributed by atoms with Gasteiger partial charge in [0.2, 0.25) is 5.91 Å². The Bertz CT molecular complexity index is 1050. The van der Waals surface area contributed by atoms with E-state index >= 15 is 0 Å². The number of rotatable bonds is 3. The van der Waals surface area contributed by atoms with Gasteiger partial charge in [-0.25, -0.2) is 0 Å². The van der Waals surface area contributed by atoms with Gasteiger partial charge in [0.1, 0.15) is 5.54 Å². The van der Waals surface area contributed by atoms with Crippen molar-refractivity contribution < 1.29 is 14.4 Å². The summed E-state index contributed by atoms with van der Waals surface area (Å²) in [4.78, 5) is 42.7. The van der Waals surface area contributed by atoms with E-state index in [1.165, 1.54) is 6.92 Å². The lowest BCUT2D eigenvalue weighted by molar-refractivity contribution is -0.136. The molecular weight excluding hydrogens is 378 g/mol. The predicted molar refractivity (Wildman–Crippen MR) is 114 cm³/mol. The molecule has 0 unspecified atom stereocenters. The number of carbonyl (C=O) groups excluding carboxylic acids is 3. The average molecular weight is 403 g/mol. The molecule has 0 aliphatic carbocycles. The monoisotopic (exact) mass is 403 g/mol. The largest absolute Gasteiger partial charge is 0.326 e. The summed E-state index contributed by atoms with van der Waals surface area (Å²) < 4.78 is 0. The maximum atomic E-state index is 13.7. The van der Waals surface area contributed by atoms with Gasteiger partial charge in [-0.3, -0.25) is 19.3 Å². The van der Waals surface area contributed by atoms with Crippen LogP contribution in [0.4, 0.5) is 11.4 Å². The lowest BCUT2D eigenvalue weighted by Gasteiger charge is -2.37. The third kappa shape index (κ3) is 2.50. The summed E-state index contributed by atoms with van der Waals surface area (Å²) in [6.45, 7) is 2.35. The van der Waals surface area contributed by atoms with E-state index in [4.69, 9.17) is 0 Å². The summed E-state index contributed by atoms with van der Waals surface area (Å²) in [5.41, 5.74) is 2.13. The van der Waals surface area contributed by atoms with Crippen LogP contribution in [-0.4, -0.2) is 42.1 Å². The second kappa shape index (κ2) is 6.77. The topological polar surface area (TPSA) is 69.7 Å². The maximum Gasteiger partial charge on any atom is 0.252 e. The Labute approximate surface area is 175 Å². The zero-order valence-corrected chi connectivity index (χ0v) is 17.2. The Balaban J connectivity index is 1.54. The number of nitrogens with one attached hydrogen (secondary N) is 1. The first-order chi connectivity index (χ1) is 14.4. The van der Waals surface area contributed by atoms with Gasteiger partial charge in [0.15, 0.2) is 5.78 Å². The number of nitrogens with zero attached hydrogens (tertiary/aromatic N) is 2. The van der Waals surface area contributed by atoms with Crippen molar-refractivity contribution in [2.75, 3.05) is 23.8 Å². The third-order valence-electron chi connectivity index (χ3n) is 7.02. The minimum absolute atomic E-state index is 0.0137. The average Bonchev–Trinajstić information content (AvgIpc) is 3.39. The van der Waals surface area contributed by atoms with Crippen LogP contribution in [0.2, 0.25) is 0 Å². The molecule has 2 aromatic rings. The van der Waals surface area contributed by atoms with E-state index in [1.54, 1.807) is 36.2 Å². The Morgan fingerprint density at radius 2 is 1.83 bits per heavy atom. The second-order valence-electron chi connectivity index (χ2n) is 8.55. The molecule has 3 aliphatic heterocycles. The van der Waals surface area contributed by atoms with E-state index in [1.807, 2.05) is 24.3 Å². The number of carbonyl (C=O) groups is 3. The number of Topliss-reactive ketones (excluding diaryl/α,β-unsaturated/α-hetero) is 1.